The van der Waals surface area contributed by atoms with Crippen molar-refractivity contribution in [1.82, 2.24) is 5.32 Å². The largest absolute Gasteiger partial charge is 0.409 e. The molecule has 1 fully saturated rings. The van der Waals surface area contributed by atoms with Crippen LogP contribution in [-0.2, 0) is 6.54 Å². The number of nitrogens with two attached hydrogens (primary N) is 1. The normalized spacial score (nSPS) is 26.8. The van der Waals surface area contributed by atoms with Gasteiger partial charge in [-0.1, -0.05) is 19.0 Å². The number of hydrogen-bond acceptors (Lipinski definition) is 3. The summed E-state index contributed by atoms with van der Waals surface area (Å²) in [5.41, 5.74) is 6.73. The Morgan fingerprint density at radius 1 is 1.33 bits per heavy atom. The second kappa shape index (κ2) is 6.89. The molecule has 1 aliphatic carbocycles. The van der Waals surface area contributed by atoms with E-state index in [0.717, 1.165) is 30.2 Å². The lowest BCUT2D eigenvalue weighted by Gasteiger charge is -2.32. The fourth-order valence-electron chi connectivity index (χ4n) is 2.95. The van der Waals surface area contributed by atoms with E-state index in [9.17, 15) is 4.39 Å². The van der Waals surface area contributed by atoms with Crippen LogP contribution < -0.4 is 11.1 Å². The zero-order chi connectivity index (χ0) is 15.4. The molecule has 3 unspecified atom stereocenters. The summed E-state index contributed by atoms with van der Waals surface area (Å²) in [6, 6.07) is 4.98. The first-order valence-corrected chi connectivity index (χ1v) is 7.50. The molecule has 4 nitrogen and oxygen atoms in total. The highest BCUT2D eigenvalue weighted by molar-refractivity contribution is 5.97. The number of halogens is 1. The van der Waals surface area contributed by atoms with Crippen LogP contribution in [0.3, 0.4) is 0 Å². The first-order chi connectivity index (χ1) is 9.99. The highest BCUT2D eigenvalue weighted by atomic mass is 19.1. The van der Waals surface area contributed by atoms with E-state index >= 15 is 0 Å². The minimum absolute atomic E-state index is 0.0733. The molecular weight excluding hydrogens is 269 g/mol. The van der Waals surface area contributed by atoms with Crippen molar-refractivity contribution in [2.75, 3.05) is 0 Å². The van der Waals surface area contributed by atoms with Gasteiger partial charge >= 0.3 is 0 Å². The van der Waals surface area contributed by atoms with Crippen LogP contribution in [0.2, 0.25) is 0 Å². The second-order valence-electron chi connectivity index (χ2n) is 6.18. The molecular formula is C16H24FN3O. The Morgan fingerprint density at radius 3 is 2.76 bits per heavy atom. The molecule has 5 heteroatoms. The number of amidine groups is 1. The Morgan fingerprint density at radius 2 is 2.10 bits per heavy atom. The molecule has 3 atom stereocenters. The first kappa shape index (κ1) is 15.8. The van der Waals surface area contributed by atoms with Gasteiger partial charge in [0.1, 0.15) is 5.82 Å². The summed E-state index contributed by atoms with van der Waals surface area (Å²) in [4.78, 5) is 0. The van der Waals surface area contributed by atoms with Gasteiger partial charge in [0.05, 0.1) is 0 Å². The van der Waals surface area contributed by atoms with Crippen LogP contribution in [-0.4, -0.2) is 17.1 Å². The fraction of sp³-hybridized carbons (Fsp3) is 0.562. The van der Waals surface area contributed by atoms with E-state index in [4.69, 9.17) is 10.9 Å². The van der Waals surface area contributed by atoms with Gasteiger partial charge < -0.3 is 16.3 Å². The average molecular weight is 293 g/mol. The van der Waals surface area contributed by atoms with Gasteiger partial charge in [0.2, 0.25) is 0 Å². The molecule has 1 aliphatic rings. The molecule has 0 aliphatic heterocycles. The third kappa shape index (κ3) is 4.17. The second-order valence-corrected chi connectivity index (χ2v) is 6.18. The third-order valence-corrected chi connectivity index (χ3v) is 4.55. The number of nitrogens with one attached hydrogen (secondary N) is 1. The van der Waals surface area contributed by atoms with Crippen LogP contribution in [0.4, 0.5) is 4.39 Å². The van der Waals surface area contributed by atoms with Crippen molar-refractivity contribution in [1.29, 1.82) is 0 Å². The van der Waals surface area contributed by atoms with Crippen molar-refractivity contribution in [3.8, 4) is 0 Å². The van der Waals surface area contributed by atoms with E-state index in [1.807, 2.05) is 0 Å². The minimum Gasteiger partial charge on any atom is -0.409 e. The Bertz CT molecular complexity index is 518. The maximum absolute atomic E-state index is 13.6. The average Bonchev–Trinajstić information content (AvgIpc) is 2.47. The predicted octanol–water partition coefficient (Wildman–Crippen LogP) is 2.83. The molecule has 0 bridgehead atoms. The predicted molar refractivity (Wildman–Crippen MR) is 81.7 cm³/mol. The van der Waals surface area contributed by atoms with E-state index < -0.39 is 0 Å². The molecule has 21 heavy (non-hydrogen) atoms. The number of rotatable bonds is 4. The lowest BCUT2D eigenvalue weighted by molar-refractivity contribution is 0.225. The van der Waals surface area contributed by atoms with Crippen LogP contribution in [0.1, 0.15) is 44.2 Å². The Kier molecular flexibility index (Phi) is 5.17. The molecule has 0 heterocycles. The Balaban J connectivity index is 1.98. The van der Waals surface area contributed by atoms with E-state index in [2.05, 4.69) is 24.3 Å². The van der Waals surface area contributed by atoms with E-state index in [-0.39, 0.29) is 11.7 Å². The molecule has 0 aromatic heterocycles. The standard InChI is InChI=1S/C16H24FN3O/c1-10-3-4-15(5-11(10)2)19-9-12-6-13(16(18)20-21)8-14(17)7-12/h6-8,10-11,15,19,21H,3-5,9H2,1-2H3,(H2,18,20). The number of benzene rings is 1. The zero-order valence-corrected chi connectivity index (χ0v) is 12.6. The molecule has 1 aromatic rings. The molecule has 1 aromatic carbocycles. The van der Waals surface area contributed by atoms with Gasteiger partial charge in [0.25, 0.3) is 0 Å². The number of hydrogen-bond donors (Lipinski definition) is 3. The topological polar surface area (TPSA) is 70.6 Å². The maximum Gasteiger partial charge on any atom is 0.170 e. The van der Waals surface area contributed by atoms with Gasteiger partial charge in [-0.05, 0) is 54.9 Å². The van der Waals surface area contributed by atoms with Crippen molar-refractivity contribution >= 4 is 5.84 Å². The third-order valence-electron chi connectivity index (χ3n) is 4.55. The summed E-state index contributed by atoms with van der Waals surface area (Å²) in [6.45, 7) is 5.18. The van der Waals surface area contributed by atoms with Crippen LogP contribution >= 0.6 is 0 Å². The van der Waals surface area contributed by atoms with Crippen LogP contribution in [0, 0.1) is 17.7 Å². The maximum atomic E-state index is 13.6. The van der Waals surface area contributed by atoms with E-state index in [1.54, 1.807) is 6.07 Å². The molecule has 0 amide bonds. The molecule has 0 saturated heterocycles. The van der Waals surface area contributed by atoms with Crippen LogP contribution in [0.25, 0.3) is 0 Å². The highest BCUT2D eigenvalue weighted by Gasteiger charge is 2.24. The van der Waals surface area contributed by atoms with Gasteiger partial charge in [-0.3, -0.25) is 0 Å². The van der Waals surface area contributed by atoms with Crippen molar-refractivity contribution in [3.63, 3.8) is 0 Å². The van der Waals surface area contributed by atoms with E-state index in [1.165, 1.54) is 18.6 Å². The minimum atomic E-state index is -0.374. The molecule has 0 spiro atoms. The summed E-state index contributed by atoms with van der Waals surface area (Å²) in [7, 11) is 0. The van der Waals surface area contributed by atoms with Crippen LogP contribution in [0.15, 0.2) is 23.4 Å². The van der Waals surface area contributed by atoms with Gasteiger partial charge in [0.15, 0.2) is 5.84 Å². The van der Waals surface area contributed by atoms with Gasteiger partial charge in [-0.25, -0.2) is 4.39 Å². The molecule has 2 rings (SSSR count). The molecule has 116 valence electrons. The highest BCUT2D eigenvalue weighted by Crippen LogP contribution is 2.29. The zero-order valence-electron chi connectivity index (χ0n) is 12.6. The smallest absolute Gasteiger partial charge is 0.170 e. The quantitative estimate of drug-likeness (QED) is 0.346. The Labute approximate surface area is 125 Å². The summed E-state index contributed by atoms with van der Waals surface area (Å²) in [5, 5.41) is 15.1. The lowest BCUT2D eigenvalue weighted by Crippen LogP contribution is -2.35. The number of oxime groups is 1. The van der Waals surface area contributed by atoms with Crippen molar-refractivity contribution in [3.05, 3.63) is 35.1 Å². The van der Waals surface area contributed by atoms with Crippen molar-refractivity contribution in [2.45, 2.75) is 45.7 Å². The lowest BCUT2D eigenvalue weighted by atomic mass is 9.79. The van der Waals surface area contributed by atoms with E-state index in [0.29, 0.717) is 18.2 Å². The first-order valence-electron chi connectivity index (χ1n) is 7.50. The summed E-state index contributed by atoms with van der Waals surface area (Å²) >= 11 is 0. The fourth-order valence-corrected chi connectivity index (χ4v) is 2.95. The van der Waals surface area contributed by atoms with Crippen LogP contribution in [0.5, 0.6) is 0 Å². The monoisotopic (exact) mass is 293 g/mol. The molecule has 4 N–H and O–H groups in total. The number of nitrogens with zero attached hydrogens (tertiary/aromatic N) is 1. The summed E-state index contributed by atoms with van der Waals surface area (Å²) in [6.07, 6.45) is 3.55. The molecule has 0 radical (unpaired) electrons. The van der Waals surface area contributed by atoms with Crippen molar-refractivity contribution in [2.24, 2.45) is 22.7 Å². The summed E-state index contributed by atoms with van der Waals surface area (Å²) < 4.78 is 13.6. The van der Waals surface area contributed by atoms with Gasteiger partial charge in [0, 0.05) is 18.2 Å². The Hall–Kier alpha value is -1.62. The SMILES string of the molecule is CC1CCC(NCc2cc(F)cc(/C(N)=N/O)c2)CC1C. The summed E-state index contributed by atoms with van der Waals surface area (Å²) in [5.74, 6) is 1.05. The van der Waals surface area contributed by atoms with Crippen molar-refractivity contribution < 1.29 is 9.60 Å². The van der Waals surface area contributed by atoms with Gasteiger partial charge in [-0.2, -0.15) is 0 Å². The van der Waals surface area contributed by atoms with Gasteiger partial charge in [-0.15, -0.1) is 0 Å². The molecule has 1 saturated carbocycles.